The molecule has 1 N–H and O–H groups in total. The highest BCUT2D eigenvalue weighted by molar-refractivity contribution is 5.20. The van der Waals surface area contributed by atoms with E-state index in [0.717, 1.165) is 19.5 Å². The number of hydrogen-bond acceptors (Lipinski definition) is 1. The van der Waals surface area contributed by atoms with Crippen LogP contribution in [0, 0.1) is 29.4 Å². The Bertz CT molecular complexity index is 382. The summed E-state index contributed by atoms with van der Waals surface area (Å²) >= 11 is 0. The summed E-state index contributed by atoms with van der Waals surface area (Å²) in [5.74, 6) is 0.515. The molecule has 0 saturated heterocycles. The van der Waals surface area contributed by atoms with Crippen LogP contribution in [0.3, 0.4) is 0 Å². The Labute approximate surface area is 121 Å². The second-order valence-corrected chi connectivity index (χ2v) is 6.45. The average Bonchev–Trinajstić information content (AvgIpc) is 2.32. The summed E-state index contributed by atoms with van der Waals surface area (Å²) in [6.07, 6.45) is 1.43. The number of nitrogens with one attached hydrogen (secondary N) is 1. The fraction of sp³-hybridized carbons (Fsp3) is 0.647. The van der Waals surface area contributed by atoms with E-state index in [4.69, 9.17) is 0 Å². The Morgan fingerprint density at radius 1 is 0.950 bits per heavy atom. The Hall–Kier alpha value is -0.960. The fourth-order valence-corrected chi connectivity index (χ4v) is 2.50. The lowest BCUT2D eigenvalue weighted by atomic mass is 9.90. The van der Waals surface area contributed by atoms with Crippen molar-refractivity contribution in [1.82, 2.24) is 5.32 Å². The third-order valence-electron chi connectivity index (χ3n) is 3.34. The molecule has 1 aromatic rings. The van der Waals surface area contributed by atoms with Crippen LogP contribution in [-0.4, -0.2) is 13.1 Å². The van der Waals surface area contributed by atoms with Gasteiger partial charge in [-0.15, -0.1) is 0 Å². The molecule has 0 spiro atoms. The normalized spacial score (nSPS) is 13.2. The Kier molecular flexibility index (Phi) is 7.14. The molecular formula is C17H27F2N. The van der Waals surface area contributed by atoms with Gasteiger partial charge in [0.15, 0.2) is 0 Å². The highest BCUT2D eigenvalue weighted by Gasteiger charge is 2.17. The second-order valence-electron chi connectivity index (χ2n) is 6.45. The third-order valence-corrected chi connectivity index (χ3v) is 3.34. The number of halogens is 2. The predicted octanol–water partition coefficient (Wildman–Crippen LogP) is 4.42. The van der Waals surface area contributed by atoms with E-state index < -0.39 is 11.6 Å². The lowest BCUT2D eigenvalue weighted by Gasteiger charge is -2.21. The summed E-state index contributed by atoms with van der Waals surface area (Å²) in [7, 11) is 0. The van der Waals surface area contributed by atoms with E-state index in [0.29, 0.717) is 18.3 Å². The molecule has 0 aromatic heterocycles. The van der Waals surface area contributed by atoms with Crippen molar-refractivity contribution in [2.45, 2.75) is 40.5 Å². The van der Waals surface area contributed by atoms with Crippen molar-refractivity contribution in [2.75, 3.05) is 13.1 Å². The smallest absolute Gasteiger partial charge is 0.129 e. The summed E-state index contributed by atoms with van der Waals surface area (Å²) in [6, 6.07) is 4.10. The molecular weight excluding hydrogens is 256 g/mol. The van der Waals surface area contributed by atoms with E-state index in [1.165, 1.54) is 18.2 Å². The largest absolute Gasteiger partial charge is 0.316 e. The van der Waals surface area contributed by atoms with Crippen LogP contribution < -0.4 is 5.32 Å². The number of hydrogen-bond donors (Lipinski definition) is 1. The Balaban J connectivity index is 2.68. The summed E-state index contributed by atoms with van der Waals surface area (Å²) < 4.78 is 27.5. The first kappa shape index (κ1) is 17.1. The third kappa shape index (κ3) is 6.00. The van der Waals surface area contributed by atoms with Gasteiger partial charge in [0.2, 0.25) is 0 Å². The molecule has 1 aromatic carbocycles. The van der Waals surface area contributed by atoms with Crippen molar-refractivity contribution in [3.8, 4) is 0 Å². The number of benzene rings is 1. The zero-order chi connectivity index (χ0) is 15.1. The van der Waals surface area contributed by atoms with Gasteiger partial charge in [-0.3, -0.25) is 0 Å². The van der Waals surface area contributed by atoms with Gasteiger partial charge in [-0.05, 0) is 55.8 Å². The van der Waals surface area contributed by atoms with Gasteiger partial charge in [-0.1, -0.05) is 33.8 Å². The molecule has 0 amide bonds. The first-order chi connectivity index (χ1) is 9.40. The minimum absolute atomic E-state index is 0.226. The van der Waals surface area contributed by atoms with Gasteiger partial charge in [0.05, 0.1) is 0 Å². The molecule has 0 fully saturated rings. The van der Waals surface area contributed by atoms with E-state index >= 15 is 0 Å². The maximum absolute atomic E-state index is 13.7. The first-order valence-electron chi connectivity index (χ1n) is 7.53. The van der Waals surface area contributed by atoms with E-state index in [9.17, 15) is 8.78 Å². The van der Waals surface area contributed by atoms with Crippen LogP contribution in [0.5, 0.6) is 0 Å². The molecule has 114 valence electrons. The van der Waals surface area contributed by atoms with Crippen LogP contribution in [0.4, 0.5) is 8.78 Å². The quantitative estimate of drug-likeness (QED) is 0.745. The summed E-state index contributed by atoms with van der Waals surface area (Å²) in [5, 5.41) is 3.40. The summed E-state index contributed by atoms with van der Waals surface area (Å²) in [6.45, 7) is 10.3. The van der Waals surface area contributed by atoms with Crippen molar-refractivity contribution in [3.63, 3.8) is 0 Å². The summed E-state index contributed by atoms with van der Waals surface area (Å²) in [5.41, 5.74) is 0.226. The highest BCUT2D eigenvalue weighted by Crippen LogP contribution is 2.21. The molecule has 1 nitrogen and oxygen atoms in total. The molecule has 0 aliphatic heterocycles. The lowest BCUT2D eigenvalue weighted by molar-refractivity contribution is 0.367. The zero-order valence-corrected chi connectivity index (χ0v) is 13.0. The maximum Gasteiger partial charge on any atom is 0.129 e. The standard InChI is InChI=1S/C17H27F2N/c1-12(2)8-14(11-20-10-13(3)4)9-15-16(18)6-5-7-17(15)19/h5-7,12-14,20H,8-11H2,1-4H3. The fourth-order valence-electron chi connectivity index (χ4n) is 2.50. The van der Waals surface area contributed by atoms with E-state index in [1.54, 1.807) is 0 Å². The zero-order valence-electron chi connectivity index (χ0n) is 13.0. The minimum atomic E-state index is -0.428. The molecule has 0 aliphatic rings. The van der Waals surface area contributed by atoms with Crippen LogP contribution in [0.25, 0.3) is 0 Å². The molecule has 0 bridgehead atoms. The molecule has 0 saturated carbocycles. The lowest BCUT2D eigenvalue weighted by Crippen LogP contribution is -2.28. The van der Waals surface area contributed by atoms with E-state index in [-0.39, 0.29) is 11.5 Å². The van der Waals surface area contributed by atoms with Crippen molar-refractivity contribution in [1.29, 1.82) is 0 Å². The van der Waals surface area contributed by atoms with Crippen LogP contribution in [0.2, 0.25) is 0 Å². The Morgan fingerprint density at radius 3 is 2.05 bits per heavy atom. The van der Waals surface area contributed by atoms with Crippen LogP contribution in [-0.2, 0) is 6.42 Å². The topological polar surface area (TPSA) is 12.0 Å². The average molecular weight is 283 g/mol. The van der Waals surface area contributed by atoms with E-state index in [2.05, 4.69) is 33.0 Å². The van der Waals surface area contributed by atoms with Crippen molar-refractivity contribution in [3.05, 3.63) is 35.4 Å². The van der Waals surface area contributed by atoms with Crippen LogP contribution in [0.1, 0.15) is 39.7 Å². The molecule has 20 heavy (non-hydrogen) atoms. The van der Waals surface area contributed by atoms with Crippen LogP contribution >= 0.6 is 0 Å². The monoisotopic (exact) mass is 283 g/mol. The van der Waals surface area contributed by atoms with Crippen molar-refractivity contribution in [2.24, 2.45) is 17.8 Å². The predicted molar refractivity (Wildman–Crippen MR) is 80.7 cm³/mol. The first-order valence-corrected chi connectivity index (χ1v) is 7.53. The molecule has 0 heterocycles. The highest BCUT2D eigenvalue weighted by atomic mass is 19.1. The van der Waals surface area contributed by atoms with Crippen molar-refractivity contribution >= 4 is 0 Å². The van der Waals surface area contributed by atoms with Gasteiger partial charge >= 0.3 is 0 Å². The number of rotatable bonds is 8. The molecule has 3 heteroatoms. The molecule has 1 rings (SSSR count). The molecule has 1 unspecified atom stereocenters. The minimum Gasteiger partial charge on any atom is -0.316 e. The summed E-state index contributed by atoms with van der Waals surface area (Å²) in [4.78, 5) is 0. The molecule has 1 atom stereocenters. The van der Waals surface area contributed by atoms with Gasteiger partial charge in [-0.25, -0.2) is 8.78 Å². The van der Waals surface area contributed by atoms with Gasteiger partial charge in [0, 0.05) is 5.56 Å². The van der Waals surface area contributed by atoms with Crippen molar-refractivity contribution < 1.29 is 8.78 Å². The second kappa shape index (κ2) is 8.35. The van der Waals surface area contributed by atoms with Gasteiger partial charge in [0.1, 0.15) is 11.6 Å². The Morgan fingerprint density at radius 2 is 1.55 bits per heavy atom. The van der Waals surface area contributed by atoms with Gasteiger partial charge in [0.25, 0.3) is 0 Å². The maximum atomic E-state index is 13.7. The SMILES string of the molecule is CC(C)CNCC(Cc1c(F)cccc1F)CC(C)C. The van der Waals surface area contributed by atoms with Gasteiger partial charge in [-0.2, -0.15) is 0 Å². The van der Waals surface area contributed by atoms with E-state index in [1.807, 2.05) is 0 Å². The van der Waals surface area contributed by atoms with Crippen LogP contribution in [0.15, 0.2) is 18.2 Å². The molecule has 0 radical (unpaired) electrons. The molecule has 0 aliphatic carbocycles. The van der Waals surface area contributed by atoms with Gasteiger partial charge < -0.3 is 5.32 Å².